The summed E-state index contributed by atoms with van der Waals surface area (Å²) >= 11 is 0. The number of aryl methyl sites for hydroxylation is 1. The van der Waals surface area contributed by atoms with Crippen LogP contribution < -0.4 is 5.73 Å². The first-order valence-electron chi connectivity index (χ1n) is 6.28. The van der Waals surface area contributed by atoms with Crippen molar-refractivity contribution in [2.75, 3.05) is 0 Å². The van der Waals surface area contributed by atoms with E-state index in [-0.39, 0.29) is 24.4 Å². The number of alkyl halides is 2. The predicted octanol–water partition coefficient (Wildman–Crippen LogP) is 0.886. The average molecular weight is 280 g/mol. The van der Waals surface area contributed by atoms with Gasteiger partial charge in [-0.3, -0.25) is 10.1 Å². The minimum atomic E-state index is -1.46. The van der Waals surface area contributed by atoms with E-state index in [1.54, 1.807) is 11.7 Å². The Hall–Kier alpha value is -2.12. The lowest BCUT2D eigenvalue weighted by molar-refractivity contribution is 0.00162. The summed E-state index contributed by atoms with van der Waals surface area (Å²) in [5, 5.41) is 12.2. The Morgan fingerprint density at radius 3 is 2.85 bits per heavy atom. The summed E-state index contributed by atoms with van der Waals surface area (Å²) in [4.78, 5) is 8.50. The highest BCUT2D eigenvalue weighted by Crippen LogP contribution is 2.35. The molecule has 2 aromatic rings. The summed E-state index contributed by atoms with van der Waals surface area (Å²) in [6.45, 7) is 0. The number of nitrogens with two attached hydrogens (primary N) is 1. The van der Waals surface area contributed by atoms with Gasteiger partial charge < -0.3 is 5.73 Å². The molecule has 0 spiro atoms. The Kier molecular flexibility index (Phi) is 2.88. The molecule has 0 radical (unpaired) electrons. The lowest BCUT2D eigenvalue weighted by Crippen LogP contribution is -2.41. The maximum Gasteiger partial charge on any atom is 0.161 e. The minimum Gasteiger partial charge on any atom is -0.382 e. The minimum absolute atomic E-state index is 0.184. The fourth-order valence-electron chi connectivity index (χ4n) is 2.44. The van der Waals surface area contributed by atoms with E-state index in [0.29, 0.717) is 16.9 Å². The third-order valence-corrected chi connectivity index (χ3v) is 3.66. The van der Waals surface area contributed by atoms with E-state index in [0.717, 1.165) is 0 Å². The van der Waals surface area contributed by atoms with Gasteiger partial charge >= 0.3 is 0 Å². The highest BCUT2D eigenvalue weighted by atomic mass is 19.2. The SMILES string of the molecule is Cn1ncc2c(C(=N)N)nc(CC3CC(F)C3F)nc21. The number of nitrogens with zero attached hydrogens (tertiary/aromatic N) is 4. The second-order valence-corrected chi connectivity index (χ2v) is 5.07. The molecule has 3 atom stereocenters. The quantitative estimate of drug-likeness (QED) is 0.645. The molecule has 106 valence electrons. The van der Waals surface area contributed by atoms with Crippen molar-refractivity contribution < 1.29 is 8.78 Å². The molecule has 20 heavy (non-hydrogen) atoms. The zero-order valence-corrected chi connectivity index (χ0v) is 10.8. The second kappa shape index (κ2) is 4.46. The van der Waals surface area contributed by atoms with Crippen LogP contribution in [0.2, 0.25) is 0 Å². The third-order valence-electron chi connectivity index (χ3n) is 3.66. The van der Waals surface area contributed by atoms with Gasteiger partial charge in [0.25, 0.3) is 0 Å². The molecular formula is C12H14F2N6. The Labute approximate surface area is 113 Å². The van der Waals surface area contributed by atoms with E-state index < -0.39 is 18.3 Å². The molecule has 1 aliphatic carbocycles. The van der Waals surface area contributed by atoms with Crippen LogP contribution >= 0.6 is 0 Å². The van der Waals surface area contributed by atoms with Crippen molar-refractivity contribution >= 4 is 16.9 Å². The van der Waals surface area contributed by atoms with Crippen LogP contribution in [0.3, 0.4) is 0 Å². The number of nitrogen functional groups attached to an aromatic ring is 1. The molecular weight excluding hydrogens is 266 g/mol. The number of halogens is 2. The fraction of sp³-hybridized carbons (Fsp3) is 0.500. The number of fused-ring (bicyclic) bond motifs is 1. The van der Waals surface area contributed by atoms with Crippen LogP contribution in [-0.2, 0) is 13.5 Å². The molecule has 0 aromatic carbocycles. The van der Waals surface area contributed by atoms with E-state index in [1.165, 1.54) is 6.20 Å². The topological polar surface area (TPSA) is 93.5 Å². The van der Waals surface area contributed by atoms with E-state index in [4.69, 9.17) is 11.1 Å². The molecule has 0 bridgehead atoms. The third kappa shape index (κ3) is 1.91. The maximum atomic E-state index is 13.3. The summed E-state index contributed by atoms with van der Waals surface area (Å²) in [5.74, 6) is -0.234. The van der Waals surface area contributed by atoms with Crippen molar-refractivity contribution in [1.82, 2.24) is 19.7 Å². The van der Waals surface area contributed by atoms with E-state index in [1.807, 2.05) is 0 Å². The van der Waals surface area contributed by atoms with Gasteiger partial charge in [-0.05, 0) is 6.42 Å². The first-order chi connectivity index (χ1) is 9.47. The van der Waals surface area contributed by atoms with E-state index in [2.05, 4.69) is 15.1 Å². The number of rotatable bonds is 3. The molecule has 8 heteroatoms. The second-order valence-electron chi connectivity index (χ2n) is 5.07. The molecule has 1 aliphatic rings. The van der Waals surface area contributed by atoms with Gasteiger partial charge in [-0.25, -0.2) is 18.7 Å². The van der Waals surface area contributed by atoms with E-state index in [9.17, 15) is 8.78 Å². The highest BCUT2D eigenvalue weighted by Gasteiger charge is 2.42. The summed E-state index contributed by atoms with van der Waals surface area (Å²) < 4.78 is 27.7. The molecule has 3 unspecified atom stereocenters. The van der Waals surface area contributed by atoms with Crippen molar-refractivity contribution in [3.63, 3.8) is 0 Å². The van der Waals surface area contributed by atoms with Crippen LogP contribution in [0.15, 0.2) is 6.20 Å². The van der Waals surface area contributed by atoms with Crippen molar-refractivity contribution in [3.05, 3.63) is 17.7 Å². The van der Waals surface area contributed by atoms with Crippen molar-refractivity contribution in [3.8, 4) is 0 Å². The molecule has 0 aliphatic heterocycles. The number of aromatic nitrogens is 4. The molecule has 3 rings (SSSR count). The van der Waals surface area contributed by atoms with Crippen LogP contribution in [0, 0.1) is 11.3 Å². The fourth-order valence-corrected chi connectivity index (χ4v) is 2.44. The highest BCUT2D eigenvalue weighted by molar-refractivity contribution is 6.03. The average Bonchev–Trinajstić information content (AvgIpc) is 2.79. The van der Waals surface area contributed by atoms with Crippen molar-refractivity contribution in [1.29, 1.82) is 5.41 Å². The van der Waals surface area contributed by atoms with Gasteiger partial charge in [0.15, 0.2) is 5.65 Å². The smallest absolute Gasteiger partial charge is 0.161 e. The van der Waals surface area contributed by atoms with Crippen LogP contribution in [0.25, 0.3) is 11.0 Å². The summed E-state index contributed by atoms with van der Waals surface area (Å²) in [6, 6.07) is 0. The van der Waals surface area contributed by atoms with Gasteiger partial charge in [0, 0.05) is 19.4 Å². The van der Waals surface area contributed by atoms with Crippen molar-refractivity contribution in [2.45, 2.75) is 25.2 Å². The number of nitrogens with one attached hydrogen (secondary N) is 1. The zero-order valence-electron chi connectivity index (χ0n) is 10.8. The standard InChI is InChI=1S/C12H14F2N6/c1-20-12-6(4-17-20)10(11(15)16)18-8(19-12)3-5-2-7(13)9(5)14/h4-5,7,9H,2-3H2,1H3,(H3,15,16). The Morgan fingerprint density at radius 1 is 1.50 bits per heavy atom. The van der Waals surface area contributed by atoms with Crippen LogP contribution in [0.5, 0.6) is 0 Å². The van der Waals surface area contributed by atoms with Gasteiger partial charge in [-0.15, -0.1) is 0 Å². The van der Waals surface area contributed by atoms with Gasteiger partial charge in [0.2, 0.25) is 0 Å². The predicted molar refractivity (Wildman–Crippen MR) is 68.9 cm³/mol. The summed E-state index contributed by atoms with van der Waals surface area (Å²) in [7, 11) is 1.71. The number of amidine groups is 1. The molecule has 2 heterocycles. The van der Waals surface area contributed by atoms with Gasteiger partial charge in [-0.2, -0.15) is 5.10 Å². The summed E-state index contributed by atoms with van der Waals surface area (Å²) in [6.07, 6.45) is -0.879. The normalized spacial score (nSPS) is 25.6. The van der Waals surface area contributed by atoms with Gasteiger partial charge in [-0.1, -0.05) is 0 Å². The van der Waals surface area contributed by atoms with Crippen LogP contribution in [0.1, 0.15) is 17.9 Å². The van der Waals surface area contributed by atoms with E-state index >= 15 is 0 Å². The van der Waals surface area contributed by atoms with Crippen LogP contribution in [-0.4, -0.2) is 37.9 Å². The largest absolute Gasteiger partial charge is 0.382 e. The molecule has 1 saturated carbocycles. The Morgan fingerprint density at radius 2 is 2.25 bits per heavy atom. The monoisotopic (exact) mass is 280 g/mol. The molecule has 3 N–H and O–H groups in total. The molecule has 1 fully saturated rings. The lowest BCUT2D eigenvalue weighted by atomic mass is 9.79. The maximum absolute atomic E-state index is 13.3. The van der Waals surface area contributed by atoms with Gasteiger partial charge in [0.05, 0.1) is 11.6 Å². The van der Waals surface area contributed by atoms with Crippen molar-refractivity contribution in [2.24, 2.45) is 18.7 Å². The van der Waals surface area contributed by atoms with Crippen LogP contribution in [0.4, 0.5) is 8.78 Å². The Balaban J connectivity index is 1.99. The number of hydrogen-bond donors (Lipinski definition) is 2. The number of hydrogen-bond acceptors (Lipinski definition) is 4. The Bertz CT molecular complexity index is 682. The summed E-state index contributed by atoms with van der Waals surface area (Å²) in [5.41, 5.74) is 6.32. The first kappa shape index (κ1) is 12.9. The molecule has 2 aromatic heterocycles. The lowest BCUT2D eigenvalue weighted by Gasteiger charge is -2.33. The zero-order chi connectivity index (χ0) is 14.4. The van der Waals surface area contributed by atoms with Gasteiger partial charge in [0.1, 0.15) is 29.7 Å². The molecule has 6 nitrogen and oxygen atoms in total. The molecule has 0 saturated heterocycles. The first-order valence-corrected chi connectivity index (χ1v) is 6.28. The molecule has 0 amide bonds.